The molecule has 0 aliphatic heterocycles. The molecule has 0 bridgehead atoms. The van der Waals surface area contributed by atoms with Gasteiger partial charge in [-0.3, -0.25) is 16.0 Å². The van der Waals surface area contributed by atoms with Gasteiger partial charge in [0.05, 0.1) is 12.1 Å². The maximum Gasteiger partial charge on any atom is 0.138 e. The fourth-order valence-corrected chi connectivity index (χ4v) is 2.43. The molecule has 0 amide bonds. The van der Waals surface area contributed by atoms with Crippen molar-refractivity contribution < 1.29 is 4.74 Å². The maximum absolute atomic E-state index is 5.90. The van der Waals surface area contributed by atoms with Gasteiger partial charge in [-0.15, -0.1) is 0 Å². The largest absolute Gasteiger partial charge is 0.372 e. The Kier molecular flexibility index (Phi) is 5.86. The van der Waals surface area contributed by atoms with Gasteiger partial charge in [0.25, 0.3) is 0 Å². The summed E-state index contributed by atoms with van der Waals surface area (Å²) >= 11 is 0. The van der Waals surface area contributed by atoms with E-state index in [2.05, 4.69) is 27.6 Å². The number of nitrogens with two attached hydrogens (primary N) is 1. The molecular weight excluding hydrogens is 266 g/mol. The summed E-state index contributed by atoms with van der Waals surface area (Å²) in [6.07, 6.45) is 2.11. The molecule has 2 unspecified atom stereocenters. The number of hydrogen-bond donors (Lipinski definition) is 2. The van der Waals surface area contributed by atoms with Crippen molar-refractivity contribution in [1.82, 2.24) is 20.2 Å². The number of nitrogens with one attached hydrogen (secondary N) is 1. The number of ether oxygens (including phenoxy) is 1. The van der Waals surface area contributed by atoms with Crippen LogP contribution in [0.25, 0.3) is 0 Å². The Morgan fingerprint density at radius 3 is 2.67 bits per heavy atom. The average molecular weight is 289 g/mol. The van der Waals surface area contributed by atoms with E-state index in [1.54, 1.807) is 6.33 Å². The Morgan fingerprint density at radius 2 is 2.05 bits per heavy atom. The lowest BCUT2D eigenvalue weighted by molar-refractivity contribution is 0.0324. The van der Waals surface area contributed by atoms with Crippen LogP contribution in [0.5, 0.6) is 0 Å². The van der Waals surface area contributed by atoms with Crippen LogP contribution in [-0.4, -0.2) is 27.4 Å². The molecule has 1 heterocycles. The van der Waals surface area contributed by atoms with Gasteiger partial charge in [0.1, 0.15) is 12.2 Å². The van der Waals surface area contributed by atoms with Crippen molar-refractivity contribution in [3.63, 3.8) is 0 Å². The highest BCUT2D eigenvalue weighted by Crippen LogP contribution is 2.23. The Hall–Kier alpha value is -1.76. The molecule has 2 atom stereocenters. The highest BCUT2D eigenvalue weighted by Gasteiger charge is 2.24. The molecule has 0 saturated heterocycles. The lowest BCUT2D eigenvalue weighted by atomic mass is 9.99. The normalized spacial score (nSPS) is 14.0. The molecule has 1 aromatic heterocycles. The monoisotopic (exact) mass is 289 g/mol. The Morgan fingerprint density at radius 1 is 1.29 bits per heavy atom. The van der Waals surface area contributed by atoms with Gasteiger partial charge in [-0.1, -0.05) is 30.3 Å². The first-order valence-electron chi connectivity index (χ1n) is 7.29. The maximum atomic E-state index is 5.90. The molecule has 0 aliphatic carbocycles. The van der Waals surface area contributed by atoms with Crippen LogP contribution >= 0.6 is 0 Å². The molecule has 0 saturated carbocycles. The fourth-order valence-electron chi connectivity index (χ4n) is 2.43. The second kappa shape index (κ2) is 7.87. The summed E-state index contributed by atoms with van der Waals surface area (Å²) in [5, 5.41) is 4.20. The highest BCUT2D eigenvalue weighted by molar-refractivity contribution is 5.19. The first kappa shape index (κ1) is 15.6. The number of nitrogens with zero attached hydrogens (tertiary/aromatic N) is 3. The summed E-state index contributed by atoms with van der Waals surface area (Å²) in [4.78, 5) is 4.31. The van der Waals surface area contributed by atoms with E-state index in [-0.39, 0.29) is 12.1 Å². The molecule has 2 rings (SSSR count). The van der Waals surface area contributed by atoms with Crippen LogP contribution in [0.15, 0.2) is 36.7 Å². The summed E-state index contributed by atoms with van der Waals surface area (Å²) in [7, 11) is 0. The molecular formula is C15H23N5O. The SMILES string of the molecule is CCOC(c1ccccc1)C(Cc1ncnn1CC)NN. The van der Waals surface area contributed by atoms with E-state index < -0.39 is 0 Å². The Labute approximate surface area is 125 Å². The highest BCUT2D eigenvalue weighted by atomic mass is 16.5. The number of hydrazine groups is 1. The van der Waals surface area contributed by atoms with Gasteiger partial charge in [-0.25, -0.2) is 4.98 Å². The molecule has 2 aromatic rings. The van der Waals surface area contributed by atoms with Crippen molar-refractivity contribution in [2.45, 2.75) is 39.0 Å². The number of rotatable bonds is 8. The van der Waals surface area contributed by atoms with Gasteiger partial charge in [-0.2, -0.15) is 5.10 Å². The van der Waals surface area contributed by atoms with Crippen LogP contribution in [-0.2, 0) is 17.7 Å². The second-order valence-corrected chi connectivity index (χ2v) is 4.76. The summed E-state index contributed by atoms with van der Waals surface area (Å²) in [5.74, 6) is 6.67. The molecule has 6 heteroatoms. The average Bonchev–Trinajstić information content (AvgIpc) is 2.98. The van der Waals surface area contributed by atoms with Gasteiger partial charge in [0.15, 0.2) is 0 Å². The van der Waals surface area contributed by atoms with Gasteiger partial charge < -0.3 is 4.74 Å². The van der Waals surface area contributed by atoms with E-state index in [9.17, 15) is 0 Å². The second-order valence-electron chi connectivity index (χ2n) is 4.76. The van der Waals surface area contributed by atoms with Crippen molar-refractivity contribution in [2.24, 2.45) is 5.84 Å². The van der Waals surface area contributed by atoms with E-state index in [4.69, 9.17) is 10.6 Å². The zero-order valence-corrected chi connectivity index (χ0v) is 12.6. The zero-order chi connectivity index (χ0) is 15.1. The molecule has 0 fully saturated rings. The molecule has 0 spiro atoms. The molecule has 114 valence electrons. The van der Waals surface area contributed by atoms with E-state index in [0.29, 0.717) is 13.0 Å². The summed E-state index contributed by atoms with van der Waals surface area (Å²) < 4.78 is 7.78. The summed E-state index contributed by atoms with van der Waals surface area (Å²) in [5.41, 5.74) is 3.97. The predicted molar refractivity (Wildman–Crippen MR) is 81.3 cm³/mol. The van der Waals surface area contributed by atoms with Gasteiger partial charge in [0, 0.05) is 19.6 Å². The smallest absolute Gasteiger partial charge is 0.138 e. The summed E-state index contributed by atoms with van der Waals surface area (Å²) in [6, 6.07) is 10.0. The zero-order valence-electron chi connectivity index (χ0n) is 12.6. The van der Waals surface area contributed by atoms with Gasteiger partial charge >= 0.3 is 0 Å². The molecule has 21 heavy (non-hydrogen) atoms. The van der Waals surface area contributed by atoms with Crippen molar-refractivity contribution >= 4 is 0 Å². The third kappa shape index (κ3) is 3.87. The molecule has 0 radical (unpaired) electrons. The lowest BCUT2D eigenvalue weighted by Gasteiger charge is -2.26. The van der Waals surface area contributed by atoms with Gasteiger partial charge in [0.2, 0.25) is 0 Å². The molecule has 1 aromatic carbocycles. The summed E-state index contributed by atoms with van der Waals surface area (Å²) in [6.45, 7) is 5.44. The van der Waals surface area contributed by atoms with E-state index in [1.807, 2.05) is 36.7 Å². The van der Waals surface area contributed by atoms with Crippen LogP contribution in [0.1, 0.15) is 31.3 Å². The molecule has 6 nitrogen and oxygen atoms in total. The van der Waals surface area contributed by atoms with Crippen molar-refractivity contribution in [1.29, 1.82) is 0 Å². The predicted octanol–water partition coefficient (Wildman–Crippen LogP) is 1.45. The molecule has 3 N–H and O–H groups in total. The van der Waals surface area contributed by atoms with Crippen LogP contribution in [0.4, 0.5) is 0 Å². The third-order valence-electron chi connectivity index (χ3n) is 3.45. The minimum absolute atomic E-state index is 0.0677. The Bertz CT molecular complexity index is 528. The number of aromatic nitrogens is 3. The lowest BCUT2D eigenvalue weighted by Crippen LogP contribution is -2.43. The van der Waals surface area contributed by atoms with Crippen LogP contribution < -0.4 is 11.3 Å². The first-order valence-corrected chi connectivity index (χ1v) is 7.29. The van der Waals surface area contributed by atoms with Crippen LogP contribution in [0.2, 0.25) is 0 Å². The topological polar surface area (TPSA) is 78.0 Å². The number of hydrogen-bond acceptors (Lipinski definition) is 5. The standard InChI is InChI=1S/C15H23N5O/c1-3-20-14(17-11-18-20)10-13(19-16)15(21-4-2)12-8-6-5-7-9-12/h5-9,11,13,15,19H,3-4,10,16H2,1-2H3. The van der Waals surface area contributed by atoms with Crippen molar-refractivity contribution in [2.75, 3.05) is 6.61 Å². The van der Waals surface area contributed by atoms with Crippen molar-refractivity contribution in [3.8, 4) is 0 Å². The third-order valence-corrected chi connectivity index (χ3v) is 3.45. The van der Waals surface area contributed by atoms with Crippen molar-refractivity contribution in [3.05, 3.63) is 48.0 Å². The minimum atomic E-state index is -0.122. The van der Waals surface area contributed by atoms with Crippen LogP contribution in [0, 0.1) is 0 Å². The van der Waals surface area contributed by atoms with E-state index in [1.165, 1.54) is 0 Å². The van der Waals surface area contributed by atoms with E-state index in [0.717, 1.165) is 17.9 Å². The number of benzene rings is 1. The van der Waals surface area contributed by atoms with Gasteiger partial charge in [-0.05, 0) is 19.4 Å². The van der Waals surface area contributed by atoms with E-state index >= 15 is 0 Å². The minimum Gasteiger partial charge on any atom is -0.372 e. The van der Waals surface area contributed by atoms with Crippen LogP contribution in [0.3, 0.4) is 0 Å². The number of aryl methyl sites for hydroxylation is 1. The first-order chi connectivity index (χ1) is 10.3. The quantitative estimate of drug-likeness (QED) is 0.568. The fraction of sp³-hybridized carbons (Fsp3) is 0.467. The Balaban J connectivity index is 2.20. The molecule has 0 aliphatic rings.